The summed E-state index contributed by atoms with van der Waals surface area (Å²) in [5, 5.41) is 11.2. The second kappa shape index (κ2) is 6.08. The van der Waals surface area contributed by atoms with E-state index in [0.29, 0.717) is 10.8 Å². The van der Waals surface area contributed by atoms with Crippen molar-refractivity contribution in [3.8, 4) is 5.75 Å². The van der Waals surface area contributed by atoms with Crippen LogP contribution < -0.4 is 4.74 Å². The average molecular weight is 305 g/mol. The van der Waals surface area contributed by atoms with Gasteiger partial charge < -0.3 is 9.84 Å². The predicted molar refractivity (Wildman–Crippen MR) is 87.2 cm³/mol. The Balaban J connectivity index is 2.45. The van der Waals surface area contributed by atoms with Crippen molar-refractivity contribution < 1.29 is 9.84 Å². The normalized spacial score (nSPS) is 13.0. The molecule has 112 valence electrons. The Hall–Kier alpha value is -1.51. The number of rotatable bonds is 3. The third kappa shape index (κ3) is 3.39. The van der Waals surface area contributed by atoms with Gasteiger partial charge in [0.15, 0.2) is 0 Å². The van der Waals surface area contributed by atoms with Crippen LogP contribution in [0.3, 0.4) is 0 Å². The van der Waals surface area contributed by atoms with Gasteiger partial charge in [-0.1, -0.05) is 62.7 Å². The van der Waals surface area contributed by atoms with Gasteiger partial charge in [-0.05, 0) is 34.2 Å². The van der Waals surface area contributed by atoms with E-state index in [0.717, 1.165) is 16.7 Å². The van der Waals surface area contributed by atoms with Gasteiger partial charge in [-0.3, -0.25) is 0 Å². The lowest BCUT2D eigenvalue weighted by Gasteiger charge is -2.25. The molecule has 0 saturated carbocycles. The van der Waals surface area contributed by atoms with E-state index in [-0.39, 0.29) is 5.41 Å². The van der Waals surface area contributed by atoms with Crippen LogP contribution in [0.15, 0.2) is 42.5 Å². The summed E-state index contributed by atoms with van der Waals surface area (Å²) in [7, 11) is 1.58. The van der Waals surface area contributed by atoms with Gasteiger partial charge in [0, 0.05) is 0 Å². The van der Waals surface area contributed by atoms with Crippen LogP contribution in [0.2, 0.25) is 5.02 Å². The summed E-state index contributed by atoms with van der Waals surface area (Å²) in [6.45, 7) is 6.42. The fourth-order valence-electron chi connectivity index (χ4n) is 2.45. The summed E-state index contributed by atoms with van der Waals surface area (Å²) >= 11 is 6.15. The molecule has 2 nitrogen and oxygen atoms in total. The highest BCUT2D eigenvalue weighted by atomic mass is 35.5. The minimum absolute atomic E-state index is 0.0339. The van der Waals surface area contributed by atoms with E-state index in [1.54, 1.807) is 19.2 Å². The van der Waals surface area contributed by atoms with Crippen LogP contribution >= 0.6 is 11.6 Å². The second-order valence-electron chi connectivity index (χ2n) is 6.13. The Kier molecular flexibility index (Phi) is 4.60. The van der Waals surface area contributed by atoms with Crippen LogP contribution in [-0.2, 0) is 5.41 Å². The van der Waals surface area contributed by atoms with E-state index in [1.165, 1.54) is 0 Å². The zero-order valence-corrected chi connectivity index (χ0v) is 13.6. The molecule has 0 saturated heterocycles. The lowest BCUT2D eigenvalue weighted by molar-refractivity contribution is 0.217. The van der Waals surface area contributed by atoms with Crippen molar-refractivity contribution in [3.63, 3.8) is 0 Å². The van der Waals surface area contributed by atoms with E-state index >= 15 is 0 Å². The fraction of sp³-hybridized carbons (Fsp3) is 0.333. The number of aliphatic hydroxyl groups excluding tert-OH is 1. The molecule has 0 aliphatic rings. The zero-order valence-electron chi connectivity index (χ0n) is 12.9. The van der Waals surface area contributed by atoms with E-state index < -0.39 is 6.10 Å². The van der Waals surface area contributed by atoms with Gasteiger partial charge in [-0.15, -0.1) is 0 Å². The van der Waals surface area contributed by atoms with Crippen molar-refractivity contribution in [1.29, 1.82) is 0 Å². The summed E-state index contributed by atoms with van der Waals surface area (Å²) in [6.07, 6.45) is -0.705. The van der Waals surface area contributed by atoms with Crippen molar-refractivity contribution in [1.82, 2.24) is 0 Å². The monoisotopic (exact) mass is 304 g/mol. The molecule has 2 rings (SSSR count). The molecule has 0 aromatic heterocycles. The first-order chi connectivity index (χ1) is 9.84. The van der Waals surface area contributed by atoms with Gasteiger partial charge in [0.2, 0.25) is 0 Å². The van der Waals surface area contributed by atoms with Crippen LogP contribution in [0.1, 0.15) is 43.6 Å². The number of aliphatic hydroxyl groups is 1. The summed E-state index contributed by atoms with van der Waals surface area (Å²) in [6, 6.07) is 13.3. The van der Waals surface area contributed by atoms with Crippen LogP contribution in [-0.4, -0.2) is 12.2 Å². The van der Waals surface area contributed by atoms with Crippen LogP contribution in [0.4, 0.5) is 0 Å². The summed E-state index contributed by atoms with van der Waals surface area (Å²) in [4.78, 5) is 0. The lowest BCUT2D eigenvalue weighted by Crippen LogP contribution is -2.16. The van der Waals surface area contributed by atoms with Crippen LogP contribution in [0.5, 0.6) is 5.75 Å². The average Bonchev–Trinajstić information content (AvgIpc) is 2.45. The van der Waals surface area contributed by atoms with Crippen molar-refractivity contribution in [2.24, 2.45) is 0 Å². The van der Waals surface area contributed by atoms with Gasteiger partial charge in [-0.25, -0.2) is 0 Å². The molecule has 1 N–H and O–H groups in total. The first-order valence-electron chi connectivity index (χ1n) is 6.95. The second-order valence-corrected chi connectivity index (χ2v) is 6.54. The van der Waals surface area contributed by atoms with Crippen molar-refractivity contribution in [3.05, 3.63) is 64.2 Å². The molecule has 2 aromatic rings. The number of halogens is 1. The molecule has 0 amide bonds. The molecule has 1 unspecified atom stereocenters. The quantitative estimate of drug-likeness (QED) is 0.888. The molecule has 21 heavy (non-hydrogen) atoms. The van der Waals surface area contributed by atoms with Gasteiger partial charge >= 0.3 is 0 Å². The molecular formula is C18H21ClO2. The number of methoxy groups -OCH3 is 1. The highest BCUT2D eigenvalue weighted by Crippen LogP contribution is 2.35. The number of hydrogen-bond acceptors (Lipinski definition) is 2. The molecule has 0 bridgehead atoms. The van der Waals surface area contributed by atoms with E-state index in [1.807, 2.05) is 24.3 Å². The standard InChI is InChI=1S/C18H21ClO2/c1-18(2,3)14-8-6-5-7-13(14)17(20)12-9-10-16(21-4)15(19)11-12/h5-11,17,20H,1-4H3. The zero-order chi connectivity index (χ0) is 15.6. The highest BCUT2D eigenvalue weighted by molar-refractivity contribution is 6.32. The van der Waals surface area contributed by atoms with Crippen LogP contribution in [0, 0.1) is 0 Å². The molecule has 0 fully saturated rings. The Morgan fingerprint density at radius 1 is 1.10 bits per heavy atom. The van der Waals surface area contributed by atoms with Gasteiger partial charge in [0.25, 0.3) is 0 Å². The molecular weight excluding hydrogens is 284 g/mol. The summed E-state index contributed by atoms with van der Waals surface area (Å²) in [5.74, 6) is 0.608. The maximum Gasteiger partial charge on any atom is 0.137 e. The minimum atomic E-state index is -0.705. The molecule has 1 atom stereocenters. The largest absolute Gasteiger partial charge is 0.495 e. The number of ether oxygens (including phenoxy) is 1. The van der Waals surface area contributed by atoms with E-state index in [9.17, 15) is 5.11 Å². The van der Waals surface area contributed by atoms with Gasteiger partial charge in [-0.2, -0.15) is 0 Å². The minimum Gasteiger partial charge on any atom is -0.495 e. The fourth-order valence-corrected chi connectivity index (χ4v) is 2.72. The number of benzene rings is 2. The lowest BCUT2D eigenvalue weighted by atomic mass is 9.81. The molecule has 0 radical (unpaired) electrons. The summed E-state index contributed by atoms with van der Waals surface area (Å²) < 4.78 is 5.15. The third-order valence-corrected chi connectivity index (χ3v) is 3.85. The molecule has 0 aliphatic carbocycles. The van der Waals surface area contributed by atoms with E-state index in [4.69, 9.17) is 16.3 Å². The van der Waals surface area contributed by atoms with Crippen molar-refractivity contribution in [2.45, 2.75) is 32.3 Å². The number of hydrogen-bond donors (Lipinski definition) is 1. The smallest absolute Gasteiger partial charge is 0.137 e. The topological polar surface area (TPSA) is 29.5 Å². The van der Waals surface area contributed by atoms with Gasteiger partial charge in [0.1, 0.15) is 11.9 Å². The maximum absolute atomic E-state index is 10.7. The molecule has 2 aromatic carbocycles. The Morgan fingerprint density at radius 3 is 2.33 bits per heavy atom. The molecule has 0 spiro atoms. The van der Waals surface area contributed by atoms with Gasteiger partial charge in [0.05, 0.1) is 12.1 Å². The van der Waals surface area contributed by atoms with E-state index in [2.05, 4.69) is 26.8 Å². The SMILES string of the molecule is COc1ccc(C(O)c2ccccc2C(C)(C)C)cc1Cl. The third-order valence-electron chi connectivity index (χ3n) is 3.55. The molecule has 0 heterocycles. The highest BCUT2D eigenvalue weighted by Gasteiger charge is 2.22. The Bertz CT molecular complexity index is 629. The van der Waals surface area contributed by atoms with Crippen molar-refractivity contribution >= 4 is 11.6 Å². The maximum atomic E-state index is 10.7. The Morgan fingerprint density at radius 2 is 1.76 bits per heavy atom. The molecule has 3 heteroatoms. The predicted octanol–water partition coefficient (Wildman–Crippen LogP) is 4.73. The van der Waals surface area contributed by atoms with Crippen LogP contribution in [0.25, 0.3) is 0 Å². The first kappa shape index (κ1) is 15.9. The summed E-state index contributed by atoms with van der Waals surface area (Å²) in [5.41, 5.74) is 2.77. The Labute approximate surface area is 131 Å². The van der Waals surface area contributed by atoms with Crippen molar-refractivity contribution in [2.75, 3.05) is 7.11 Å². The molecule has 0 aliphatic heterocycles. The first-order valence-corrected chi connectivity index (χ1v) is 7.33.